The Labute approximate surface area is 131 Å². The van der Waals surface area contributed by atoms with Gasteiger partial charge in [-0.3, -0.25) is 9.69 Å². The zero-order valence-corrected chi connectivity index (χ0v) is 13.4. The number of nitrogens with two attached hydrogens (primary N) is 1. The van der Waals surface area contributed by atoms with E-state index in [1.54, 1.807) is 18.2 Å². The number of rotatable bonds is 4. The lowest BCUT2D eigenvalue weighted by atomic mass is 10.0. The second-order valence-corrected chi connectivity index (χ2v) is 6.17. The maximum atomic E-state index is 12.1. The van der Waals surface area contributed by atoms with E-state index in [0.29, 0.717) is 29.0 Å². The van der Waals surface area contributed by atoms with Crippen molar-refractivity contribution in [2.75, 3.05) is 44.8 Å². The molecule has 116 valence electrons. The van der Waals surface area contributed by atoms with Gasteiger partial charge in [0.25, 0.3) is 0 Å². The van der Waals surface area contributed by atoms with Gasteiger partial charge in [-0.05, 0) is 58.2 Å². The molecule has 0 unspecified atom stereocenters. The highest BCUT2D eigenvalue weighted by Gasteiger charge is 2.22. The second kappa shape index (κ2) is 7.11. The molecule has 5 nitrogen and oxygen atoms in total. The number of anilines is 2. The van der Waals surface area contributed by atoms with Crippen LogP contribution in [0.3, 0.4) is 0 Å². The fourth-order valence-corrected chi connectivity index (χ4v) is 2.81. The number of piperidine rings is 1. The molecule has 2 rings (SSSR count). The first-order valence-corrected chi connectivity index (χ1v) is 7.57. The van der Waals surface area contributed by atoms with Crippen molar-refractivity contribution in [3.8, 4) is 0 Å². The van der Waals surface area contributed by atoms with Gasteiger partial charge in [-0.25, -0.2) is 0 Å². The molecule has 1 aliphatic heterocycles. The highest BCUT2D eigenvalue weighted by molar-refractivity contribution is 6.31. The summed E-state index contributed by atoms with van der Waals surface area (Å²) in [5, 5.41) is 3.41. The molecule has 1 saturated heterocycles. The highest BCUT2D eigenvalue weighted by Crippen LogP contribution is 2.22. The first-order valence-electron chi connectivity index (χ1n) is 7.19. The van der Waals surface area contributed by atoms with Gasteiger partial charge in [0.1, 0.15) is 0 Å². The van der Waals surface area contributed by atoms with Crippen molar-refractivity contribution >= 4 is 28.9 Å². The largest absolute Gasteiger partial charge is 0.397 e. The summed E-state index contributed by atoms with van der Waals surface area (Å²) in [6, 6.07) is 5.55. The van der Waals surface area contributed by atoms with E-state index in [0.717, 1.165) is 25.9 Å². The van der Waals surface area contributed by atoms with Gasteiger partial charge in [0.2, 0.25) is 5.91 Å². The number of benzene rings is 1. The fourth-order valence-electron chi connectivity index (χ4n) is 2.63. The molecule has 0 bridgehead atoms. The van der Waals surface area contributed by atoms with E-state index in [4.69, 9.17) is 17.3 Å². The third-order valence-corrected chi connectivity index (χ3v) is 4.23. The molecule has 0 saturated carbocycles. The summed E-state index contributed by atoms with van der Waals surface area (Å²) in [5.41, 5.74) is 6.94. The van der Waals surface area contributed by atoms with E-state index in [1.807, 2.05) is 7.05 Å². The molecule has 1 aliphatic rings. The highest BCUT2D eigenvalue weighted by atomic mass is 35.5. The number of likely N-dealkylation sites (N-methyl/N-ethyl adjacent to an activating group) is 1. The standard InChI is InChI=1S/C15H23ClN4O/c1-19-7-5-12(6-8-19)20(2)10-15(21)18-14-4-3-11(16)9-13(14)17/h3-4,9,12H,5-8,10,17H2,1-2H3,(H,18,21). The average molecular weight is 311 g/mol. The van der Waals surface area contributed by atoms with E-state index >= 15 is 0 Å². The van der Waals surface area contributed by atoms with Crippen molar-refractivity contribution in [3.63, 3.8) is 0 Å². The molecule has 1 fully saturated rings. The Kier molecular flexibility index (Phi) is 5.45. The van der Waals surface area contributed by atoms with Crippen molar-refractivity contribution in [2.24, 2.45) is 0 Å². The molecule has 0 spiro atoms. The summed E-state index contributed by atoms with van der Waals surface area (Å²) in [4.78, 5) is 16.6. The van der Waals surface area contributed by atoms with Crippen LogP contribution in [0.5, 0.6) is 0 Å². The smallest absolute Gasteiger partial charge is 0.238 e. The van der Waals surface area contributed by atoms with E-state index in [2.05, 4.69) is 22.2 Å². The SMILES string of the molecule is CN1CCC(N(C)CC(=O)Nc2ccc(Cl)cc2N)CC1. The Bertz CT molecular complexity index is 500. The Morgan fingerprint density at radius 3 is 2.76 bits per heavy atom. The summed E-state index contributed by atoms with van der Waals surface area (Å²) in [6.45, 7) is 2.54. The third kappa shape index (κ3) is 4.59. The molecule has 1 amide bonds. The van der Waals surface area contributed by atoms with E-state index in [-0.39, 0.29) is 5.91 Å². The Hall–Kier alpha value is -1.30. The van der Waals surface area contributed by atoms with Crippen molar-refractivity contribution in [1.82, 2.24) is 9.80 Å². The van der Waals surface area contributed by atoms with E-state index in [1.165, 1.54) is 0 Å². The number of likely N-dealkylation sites (tertiary alicyclic amines) is 1. The van der Waals surface area contributed by atoms with Crippen LogP contribution in [0.1, 0.15) is 12.8 Å². The number of nitrogens with one attached hydrogen (secondary N) is 1. The minimum absolute atomic E-state index is 0.0505. The number of carbonyl (C=O) groups is 1. The molecule has 0 aromatic heterocycles. The summed E-state index contributed by atoms with van der Waals surface area (Å²) in [6.07, 6.45) is 2.20. The molecule has 3 N–H and O–H groups in total. The molecular weight excluding hydrogens is 288 g/mol. The van der Waals surface area contributed by atoms with Gasteiger partial charge in [0, 0.05) is 11.1 Å². The molecule has 0 aliphatic carbocycles. The number of nitrogens with zero attached hydrogens (tertiary/aromatic N) is 2. The van der Waals surface area contributed by atoms with Gasteiger partial charge in [0.15, 0.2) is 0 Å². The third-order valence-electron chi connectivity index (χ3n) is 3.99. The van der Waals surface area contributed by atoms with E-state index < -0.39 is 0 Å². The number of amides is 1. The zero-order valence-electron chi connectivity index (χ0n) is 12.6. The van der Waals surface area contributed by atoms with Crippen LogP contribution in [0, 0.1) is 0 Å². The van der Waals surface area contributed by atoms with Gasteiger partial charge in [0.05, 0.1) is 17.9 Å². The Morgan fingerprint density at radius 1 is 1.48 bits per heavy atom. The summed E-state index contributed by atoms with van der Waals surface area (Å²) in [5.74, 6) is -0.0505. The zero-order chi connectivity index (χ0) is 15.4. The van der Waals surface area contributed by atoms with Gasteiger partial charge < -0.3 is 16.0 Å². The van der Waals surface area contributed by atoms with Gasteiger partial charge in [-0.2, -0.15) is 0 Å². The molecule has 1 aromatic rings. The minimum Gasteiger partial charge on any atom is -0.397 e. The minimum atomic E-state index is -0.0505. The lowest BCUT2D eigenvalue weighted by molar-refractivity contribution is -0.117. The van der Waals surface area contributed by atoms with Crippen LogP contribution in [0.4, 0.5) is 11.4 Å². The lowest BCUT2D eigenvalue weighted by Crippen LogP contribution is -2.44. The van der Waals surface area contributed by atoms with Crippen molar-refractivity contribution < 1.29 is 4.79 Å². The van der Waals surface area contributed by atoms with Gasteiger partial charge >= 0.3 is 0 Å². The van der Waals surface area contributed by atoms with Crippen LogP contribution >= 0.6 is 11.6 Å². The summed E-state index contributed by atoms with van der Waals surface area (Å²) in [7, 11) is 4.13. The number of nitrogen functional groups attached to an aromatic ring is 1. The Morgan fingerprint density at radius 2 is 2.14 bits per heavy atom. The van der Waals surface area contributed by atoms with Gasteiger partial charge in [-0.15, -0.1) is 0 Å². The molecule has 1 heterocycles. The number of hydrogen-bond acceptors (Lipinski definition) is 4. The normalized spacial score (nSPS) is 17.1. The predicted molar refractivity (Wildman–Crippen MR) is 87.6 cm³/mol. The van der Waals surface area contributed by atoms with Gasteiger partial charge in [-0.1, -0.05) is 11.6 Å². The number of carbonyl (C=O) groups excluding carboxylic acids is 1. The molecule has 0 radical (unpaired) electrons. The van der Waals surface area contributed by atoms with Crippen molar-refractivity contribution in [1.29, 1.82) is 0 Å². The second-order valence-electron chi connectivity index (χ2n) is 5.73. The molecular formula is C15H23ClN4O. The first-order chi connectivity index (χ1) is 9.95. The maximum absolute atomic E-state index is 12.1. The lowest BCUT2D eigenvalue weighted by Gasteiger charge is -2.34. The van der Waals surface area contributed by atoms with Crippen LogP contribution < -0.4 is 11.1 Å². The van der Waals surface area contributed by atoms with Crippen LogP contribution in [0.15, 0.2) is 18.2 Å². The predicted octanol–water partition coefficient (Wildman–Crippen LogP) is 1.89. The summed E-state index contributed by atoms with van der Waals surface area (Å²) >= 11 is 5.85. The summed E-state index contributed by atoms with van der Waals surface area (Å²) < 4.78 is 0. The first kappa shape index (κ1) is 16.1. The van der Waals surface area contributed by atoms with Crippen molar-refractivity contribution in [2.45, 2.75) is 18.9 Å². The fraction of sp³-hybridized carbons (Fsp3) is 0.533. The topological polar surface area (TPSA) is 61.6 Å². The molecule has 21 heavy (non-hydrogen) atoms. The molecule has 0 atom stereocenters. The average Bonchev–Trinajstić information content (AvgIpc) is 2.42. The maximum Gasteiger partial charge on any atom is 0.238 e. The number of halogens is 1. The number of hydrogen-bond donors (Lipinski definition) is 2. The van der Waals surface area contributed by atoms with Crippen molar-refractivity contribution in [3.05, 3.63) is 23.2 Å². The van der Waals surface area contributed by atoms with Crippen LogP contribution in [0.25, 0.3) is 0 Å². The van der Waals surface area contributed by atoms with Crippen LogP contribution in [-0.4, -0.2) is 55.5 Å². The van der Waals surface area contributed by atoms with Crippen LogP contribution in [-0.2, 0) is 4.79 Å². The molecule has 1 aromatic carbocycles. The van der Waals surface area contributed by atoms with Crippen LogP contribution in [0.2, 0.25) is 5.02 Å². The molecule has 6 heteroatoms. The Balaban J connectivity index is 1.86. The quantitative estimate of drug-likeness (QED) is 0.834. The van der Waals surface area contributed by atoms with E-state index in [9.17, 15) is 4.79 Å². The monoisotopic (exact) mass is 310 g/mol.